The maximum Gasteiger partial charge on any atom is 0.232 e. The van der Waals surface area contributed by atoms with Gasteiger partial charge < -0.3 is 28.6 Å². The second-order valence-electron chi connectivity index (χ2n) is 12.5. The Bertz CT molecular complexity index is 1760. The average Bonchev–Trinajstić information content (AvgIpc) is 3.63. The molecule has 12 heteroatoms. The summed E-state index contributed by atoms with van der Waals surface area (Å²) in [5.41, 5.74) is 5.25. The highest BCUT2D eigenvalue weighted by atomic mass is 28.3. The lowest BCUT2D eigenvalue weighted by molar-refractivity contribution is 0.0882. The van der Waals surface area contributed by atoms with Crippen molar-refractivity contribution < 1.29 is 14.2 Å². The van der Waals surface area contributed by atoms with Crippen LogP contribution in [0.15, 0.2) is 54.7 Å². The van der Waals surface area contributed by atoms with Gasteiger partial charge >= 0.3 is 0 Å². The van der Waals surface area contributed by atoms with Crippen molar-refractivity contribution in [2.24, 2.45) is 0 Å². The number of morpholine rings is 1. The first-order valence-corrected chi connectivity index (χ1v) is 19.1. The van der Waals surface area contributed by atoms with Crippen molar-refractivity contribution in [1.82, 2.24) is 29.1 Å². The van der Waals surface area contributed by atoms with Crippen LogP contribution < -0.4 is 14.5 Å². The highest BCUT2D eigenvalue weighted by Gasteiger charge is 2.28. The quantitative estimate of drug-likeness (QED) is 0.122. The van der Waals surface area contributed by atoms with E-state index in [2.05, 4.69) is 57.8 Å². The third-order valence-electron chi connectivity index (χ3n) is 9.05. The smallest absolute Gasteiger partial charge is 0.232 e. The highest BCUT2D eigenvalue weighted by molar-refractivity contribution is 6.55. The first kappa shape index (κ1) is 30.6. The Morgan fingerprint density at radius 1 is 0.978 bits per heavy atom. The van der Waals surface area contributed by atoms with Gasteiger partial charge in [0.25, 0.3) is 0 Å². The minimum Gasteiger partial charge on any atom is -0.497 e. The summed E-state index contributed by atoms with van der Waals surface area (Å²) in [6.07, 6.45) is 5.60. The number of imidazole rings is 1. The molecular formula is C34H43N8O3Si. The maximum atomic E-state index is 6.24. The number of anilines is 2. The van der Waals surface area contributed by atoms with Gasteiger partial charge in [0, 0.05) is 40.6 Å². The molecule has 46 heavy (non-hydrogen) atoms. The lowest BCUT2D eigenvalue weighted by Gasteiger charge is -2.30. The number of rotatable bonds is 13. The lowest BCUT2D eigenvalue weighted by atomic mass is 9.81. The van der Waals surface area contributed by atoms with Crippen molar-refractivity contribution in [3.8, 4) is 5.75 Å². The molecular weight excluding hydrogens is 597 g/mol. The Balaban J connectivity index is 1.32. The van der Waals surface area contributed by atoms with Gasteiger partial charge in [-0.15, -0.1) is 0 Å². The standard InChI is InChI=1S/C34H43N8O3Si/c1-43-27-13-11-25(12-14-27)22-40(23-31-36-29-9-4-5-10-30(29)41(31)24-45-19-20-46(2)3)34-38-33(39-15-17-44-18-16-39)37-32-28(21-35-42(32)34)26-7-6-8-26/h4-5,9-14,21,26H,6-8,15-20,22-24H2,1-3H3. The molecule has 3 aromatic heterocycles. The van der Waals surface area contributed by atoms with Gasteiger partial charge in [0.2, 0.25) is 11.9 Å². The first-order chi connectivity index (χ1) is 22.6. The van der Waals surface area contributed by atoms with E-state index in [9.17, 15) is 0 Å². The average molecular weight is 640 g/mol. The fourth-order valence-electron chi connectivity index (χ4n) is 6.13. The topological polar surface area (TPSA) is 95.1 Å². The van der Waals surface area contributed by atoms with Gasteiger partial charge in [-0.25, -0.2) is 4.98 Å². The van der Waals surface area contributed by atoms with Gasteiger partial charge in [-0.2, -0.15) is 19.6 Å². The number of hydrogen-bond acceptors (Lipinski definition) is 9. The van der Waals surface area contributed by atoms with E-state index in [1.54, 1.807) is 7.11 Å². The summed E-state index contributed by atoms with van der Waals surface area (Å²) in [6.45, 7) is 9.78. The zero-order valence-electron chi connectivity index (χ0n) is 27.1. The van der Waals surface area contributed by atoms with Gasteiger partial charge in [0.05, 0.1) is 44.1 Å². The monoisotopic (exact) mass is 639 g/mol. The van der Waals surface area contributed by atoms with Crippen LogP contribution in [0.4, 0.5) is 11.9 Å². The van der Waals surface area contributed by atoms with E-state index in [1.807, 2.05) is 28.9 Å². The molecule has 1 saturated carbocycles. The normalized spacial score (nSPS) is 15.6. The van der Waals surface area contributed by atoms with Crippen LogP contribution in [0.3, 0.4) is 0 Å². The zero-order chi connectivity index (χ0) is 31.5. The number of nitrogens with zero attached hydrogens (tertiary/aromatic N) is 8. The van der Waals surface area contributed by atoms with Crippen LogP contribution in [0.1, 0.15) is 42.1 Å². The molecule has 0 amide bonds. The second-order valence-corrected chi connectivity index (χ2v) is 15.4. The Kier molecular flexibility index (Phi) is 9.18. The zero-order valence-corrected chi connectivity index (χ0v) is 28.1. The summed E-state index contributed by atoms with van der Waals surface area (Å²) in [5.74, 6) is 3.70. The minimum absolute atomic E-state index is 0.359. The maximum absolute atomic E-state index is 6.24. The fourth-order valence-corrected chi connectivity index (χ4v) is 6.68. The first-order valence-electron chi connectivity index (χ1n) is 16.3. The van der Waals surface area contributed by atoms with E-state index >= 15 is 0 Å². The van der Waals surface area contributed by atoms with Crippen LogP contribution in [0.5, 0.6) is 5.75 Å². The van der Waals surface area contributed by atoms with E-state index in [0.29, 0.717) is 39.0 Å². The molecule has 1 saturated heterocycles. The van der Waals surface area contributed by atoms with E-state index in [1.165, 1.54) is 24.8 Å². The summed E-state index contributed by atoms with van der Waals surface area (Å²) >= 11 is 0. The van der Waals surface area contributed by atoms with Gasteiger partial charge in [0.1, 0.15) is 18.3 Å². The number of benzene rings is 2. The van der Waals surface area contributed by atoms with Crippen molar-refractivity contribution in [3.05, 3.63) is 71.7 Å². The van der Waals surface area contributed by atoms with Crippen molar-refractivity contribution in [2.45, 2.75) is 64.1 Å². The highest BCUT2D eigenvalue weighted by Crippen LogP contribution is 2.39. The molecule has 7 rings (SSSR count). The Labute approximate surface area is 271 Å². The Morgan fingerprint density at radius 3 is 2.52 bits per heavy atom. The molecule has 1 radical (unpaired) electrons. The molecule has 0 unspecified atom stereocenters. The van der Waals surface area contributed by atoms with E-state index in [4.69, 9.17) is 34.3 Å². The number of para-hydroxylation sites is 2. The molecule has 4 heterocycles. The molecule has 241 valence electrons. The molecule has 0 N–H and O–H groups in total. The number of hydrogen-bond donors (Lipinski definition) is 0. The Morgan fingerprint density at radius 2 is 1.78 bits per heavy atom. The molecule has 11 nitrogen and oxygen atoms in total. The molecule has 0 atom stereocenters. The van der Waals surface area contributed by atoms with Crippen LogP contribution in [-0.4, -0.2) is 77.9 Å². The molecule has 0 bridgehead atoms. The predicted octanol–water partition coefficient (Wildman–Crippen LogP) is 5.52. The van der Waals surface area contributed by atoms with E-state index in [0.717, 1.165) is 71.5 Å². The largest absolute Gasteiger partial charge is 0.497 e. The van der Waals surface area contributed by atoms with Gasteiger partial charge in [0.15, 0.2) is 5.65 Å². The number of ether oxygens (including phenoxy) is 3. The van der Waals surface area contributed by atoms with Crippen LogP contribution in [0.25, 0.3) is 16.7 Å². The van der Waals surface area contributed by atoms with Gasteiger partial charge in [-0.1, -0.05) is 43.8 Å². The number of methoxy groups -OCH3 is 1. The van der Waals surface area contributed by atoms with Crippen LogP contribution in [-0.2, 0) is 29.3 Å². The fraction of sp³-hybridized carbons (Fsp3) is 0.471. The second kappa shape index (κ2) is 13.8. The van der Waals surface area contributed by atoms with Crippen molar-refractivity contribution in [1.29, 1.82) is 0 Å². The Hall–Kier alpha value is -4.00. The summed E-state index contributed by atoms with van der Waals surface area (Å²) in [5, 5.41) is 4.92. The summed E-state index contributed by atoms with van der Waals surface area (Å²) in [4.78, 5) is 20.0. The van der Waals surface area contributed by atoms with Gasteiger partial charge in [-0.3, -0.25) is 0 Å². The SMILES string of the molecule is COc1ccc(CN(Cc2nc3ccccc3n2COCC[Si](C)C)c2nc(N3CCOCC3)nc3c(C4CCC4)cnn23)cc1. The summed E-state index contributed by atoms with van der Waals surface area (Å²) in [6, 6.07) is 17.6. The van der Waals surface area contributed by atoms with Crippen LogP contribution >= 0.6 is 0 Å². The lowest BCUT2D eigenvalue weighted by Crippen LogP contribution is -2.38. The van der Waals surface area contributed by atoms with Crippen LogP contribution in [0, 0.1) is 0 Å². The molecule has 2 aliphatic rings. The summed E-state index contributed by atoms with van der Waals surface area (Å²) in [7, 11) is 1.33. The minimum atomic E-state index is -0.359. The third-order valence-corrected chi connectivity index (χ3v) is 10.3. The number of aromatic nitrogens is 6. The predicted molar refractivity (Wildman–Crippen MR) is 181 cm³/mol. The molecule has 2 aromatic carbocycles. The molecule has 1 aliphatic heterocycles. The van der Waals surface area contributed by atoms with E-state index < -0.39 is 0 Å². The summed E-state index contributed by atoms with van der Waals surface area (Å²) < 4.78 is 21.5. The van der Waals surface area contributed by atoms with E-state index in [-0.39, 0.29) is 8.80 Å². The molecule has 1 aliphatic carbocycles. The van der Waals surface area contributed by atoms with Crippen LogP contribution in [0.2, 0.25) is 19.1 Å². The molecule has 2 fully saturated rings. The third kappa shape index (κ3) is 6.47. The molecule has 5 aromatic rings. The van der Waals surface area contributed by atoms with Gasteiger partial charge in [-0.05, 0) is 54.6 Å². The van der Waals surface area contributed by atoms with Crippen molar-refractivity contribution >= 4 is 37.4 Å². The van der Waals surface area contributed by atoms with Crippen molar-refractivity contribution in [3.63, 3.8) is 0 Å². The molecule has 0 spiro atoms. The number of fused-ring (bicyclic) bond motifs is 2. The van der Waals surface area contributed by atoms with Crippen molar-refractivity contribution in [2.75, 3.05) is 49.8 Å².